The molecule has 8 heteroatoms. The molecule has 0 aliphatic heterocycles. The molecule has 6 nitrogen and oxygen atoms in total. The van der Waals surface area contributed by atoms with Gasteiger partial charge in [0.25, 0.3) is 11.8 Å². The van der Waals surface area contributed by atoms with Crippen molar-refractivity contribution in [2.75, 3.05) is 0 Å². The van der Waals surface area contributed by atoms with Crippen molar-refractivity contribution in [3.8, 4) is 0 Å². The molecule has 2 heterocycles. The highest BCUT2D eigenvalue weighted by atomic mass is 79.9. The van der Waals surface area contributed by atoms with Crippen LogP contribution in [-0.2, 0) is 11.2 Å². The predicted octanol–water partition coefficient (Wildman–Crippen LogP) is 4.48. The van der Waals surface area contributed by atoms with E-state index in [1.165, 1.54) is 11.3 Å². The molecule has 0 bridgehead atoms. The maximum atomic E-state index is 12.9. The molecule has 0 spiro atoms. The van der Waals surface area contributed by atoms with Crippen molar-refractivity contribution in [1.82, 2.24) is 15.7 Å². The molecule has 4 rings (SSSR count). The van der Waals surface area contributed by atoms with E-state index >= 15 is 0 Å². The van der Waals surface area contributed by atoms with Crippen LogP contribution in [0.4, 0.5) is 0 Å². The molecule has 0 aliphatic rings. The molecule has 1 atom stereocenters. The van der Waals surface area contributed by atoms with Crippen LogP contribution in [0.5, 0.6) is 0 Å². The van der Waals surface area contributed by atoms with Crippen molar-refractivity contribution in [3.05, 3.63) is 92.7 Å². The van der Waals surface area contributed by atoms with Crippen molar-refractivity contribution in [2.24, 2.45) is 5.10 Å². The Kier molecular flexibility index (Phi) is 6.59. The molecule has 156 valence electrons. The first-order chi connectivity index (χ1) is 15.1. The van der Waals surface area contributed by atoms with Crippen molar-refractivity contribution in [2.45, 2.75) is 12.5 Å². The van der Waals surface area contributed by atoms with E-state index in [1.54, 1.807) is 18.3 Å². The largest absolute Gasteiger partial charge is 0.361 e. The van der Waals surface area contributed by atoms with Crippen LogP contribution in [0.2, 0.25) is 0 Å². The van der Waals surface area contributed by atoms with E-state index in [0.29, 0.717) is 11.3 Å². The summed E-state index contributed by atoms with van der Waals surface area (Å²) in [5.74, 6) is -0.671. The van der Waals surface area contributed by atoms with Gasteiger partial charge in [-0.15, -0.1) is 11.3 Å². The summed E-state index contributed by atoms with van der Waals surface area (Å²) in [4.78, 5) is 29.3. The number of rotatable bonds is 7. The van der Waals surface area contributed by atoms with E-state index in [4.69, 9.17) is 0 Å². The van der Waals surface area contributed by atoms with Crippen LogP contribution >= 0.6 is 27.3 Å². The first-order valence-corrected chi connectivity index (χ1v) is 11.3. The van der Waals surface area contributed by atoms with Crippen molar-refractivity contribution >= 4 is 56.2 Å². The number of nitrogens with one attached hydrogen (secondary N) is 3. The molecule has 3 N–H and O–H groups in total. The smallest absolute Gasteiger partial charge is 0.262 e. The fourth-order valence-corrected chi connectivity index (χ4v) is 4.06. The van der Waals surface area contributed by atoms with Crippen molar-refractivity contribution in [3.63, 3.8) is 0 Å². The zero-order valence-corrected chi connectivity index (χ0v) is 18.7. The summed E-state index contributed by atoms with van der Waals surface area (Å²) in [6, 6.07) is 18.1. The lowest BCUT2D eigenvalue weighted by Crippen LogP contribution is -2.46. The Hall–Kier alpha value is -3.23. The van der Waals surface area contributed by atoms with Gasteiger partial charge in [-0.25, -0.2) is 5.43 Å². The van der Waals surface area contributed by atoms with Crippen LogP contribution in [0, 0.1) is 0 Å². The Balaban J connectivity index is 1.51. The van der Waals surface area contributed by atoms with Crippen LogP contribution in [0.25, 0.3) is 10.9 Å². The van der Waals surface area contributed by atoms with Crippen LogP contribution in [0.1, 0.15) is 20.8 Å². The van der Waals surface area contributed by atoms with Gasteiger partial charge in [0, 0.05) is 28.0 Å². The second-order valence-corrected chi connectivity index (χ2v) is 8.72. The number of para-hydroxylation sites is 1. The number of amides is 2. The summed E-state index contributed by atoms with van der Waals surface area (Å²) in [5.41, 5.74) is 5.33. The van der Waals surface area contributed by atoms with E-state index in [-0.39, 0.29) is 11.8 Å². The molecule has 31 heavy (non-hydrogen) atoms. The maximum absolute atomic E-state index is 12.9. The Morgan fingerprint density at radius 1 is 1.10 bits per heavy atom. The highest BCUT2D eigenvalue weighted by Crippen LogP contribution is 2.19. The highest BCUT2D eigenvalue weighted by Gasteiger charge is 2.23. The van der Waals surface area contributed by atoms with Gasteiger partial charge in [-0.3, -0.25) is 9.59 Å². The molecule has 0 unspecified atom stereocenters. The van der Waals surface area contributed by atoms with Crippen molar-refractivity contribution in [1.29, 1.82) is 0 Å². The number of H-pyrrole nitrogens is 1. The normalized spacial score (nSPS) is 12.2. The number of benzene rings is 2. The fourth-order valence-electron chi connectivity index (χ4n) is 3.16. The Morgan fingerprint density at radius 2 is 1.90 bits per heavy atom. The Bertz CT molecular complexity index is 1220. The first-order valence-electron chi connectivity index (χ1n) is 9.58. The van der Waals surface area contributed by atoms with Gasteiger partial charge in [-0.1, -0.05) is 52.3 Å². The molecular formula is C23H19BrN4O2S. The molecule has 0 saturated carbocycles. The zero-order valence-electron chi connectivity index (χ0n) is 16.3. The average molecular weight is 495 g/mol. The summed E-state index contributed by atoms with van der Waals surface area (Å²) >= 11 is 4.71. The lowest BCUT2D eigenvalue weighted by molar-refractivity contribution is -0.122. The minimum atomic E-state index is -0.782. The van der Waals surface area contributed by atoms with E-state index in [0.717, 1.165) is 26.5 Å². The fraction of sp³-hybridized carbons (Fsp3) is 0.0870. The van der Waals surface area contributed by atoms with Gasteiger partial charge in [-0.05, 0) is 40.8 Å². The van der Waals surface area contributed by atoms with Gasteiger partial charge in [0.1, 0.15) is 6.04 Å². The lowest BCUT2D eigenvalue weighted by Gasteiger charge is -2.16. The number of fused-ring (bicyclic) bond motifs is 1. The number of carbonyl (C=O) groups excluding carboxylic acids is 2. The Labute approximate surface area is 191 Å². The summed E-state index contributed by atoms with van der Waals surface area (Å²) in [6.07, 6.45) is 3.77. The first kappa shape index (κ1) is 21.0. The van der Waals surface area contributed by atoms with Gasteiger partial charge in [0.15, 0.2) is 0 Å². The number of nitrogens with zero attached hydrogens (tertiary/aromatic N) is 1. The van der Waals surface area contributed by atoms with Gasteiger partial charge in [0.2, 0.25) is 0 Å². The third-order valence-corrected chi connectivity index (χ3v) is 6.12. The lowest BCUT2D eigenvalue weighted by atomic mass is 10.0. The average Bonchev–Trinajstić information content (AvgIpc) is 3.45. The van der Waals surface area contributed by atoms with Gasteiger partial charge in [-0.2, -0.15) is 5.10 Å². The molecule has 2 amide bonds. The third kappa shape index (κ3) is 5.28. The third-order valence-electron chi connectivity index (χ3n) is 4.72. The van der Waals surface area contributed by atoms with Crippen LogP contribution in [0.15, 0.2) is 81.8 Å². The second kappa shape index (κ2) is 9.72. The maximum Gasteiger partial charge on any atom is 0.262 e. The molecule has 0 saturated heterocycles. The molecule has 2 aromatic heterocycles. The number of thiophene rings is 1. The van der Waals surface area contributed by atoms with Crippen LogP contribution in [0.3, 0.4) is 0 Å². The summed E-state index contributed by atoms with van der Waals surface area (Å²) < 4.78 is 0.962. The number of aromatic nitrogens is 1. The van der Waals surface area contributed by atoms with Gasteiger partial charge < -0.3 is 10.3 Å². The quantitative estimate of drug-likeness (QED) is 0.261. The summed E-state index contributed by atoms with van der Waals surface area (Å²) in [7, 11) is 0. The predicted molar refractivity (Wildman–Crippen MR) is 127 cm³/mol. The van der Waals surface area contributed by atoms with E-state index in [9.17, 15) is 9.59 Å². The number of hydrogen-bond donors (Lipinski definition) is 3. The second-order valence-electron chi connectivity index (χ2n) is 6.85. The van der Waals surface area contributed by atoms with Crippen molar-refractivity contribution < 1.29 is 9.59 Å². The highest BCUT2D eigenvalue weighted by molar-refractivity contribution is 9.10. The van der Waals surface area contributed by atoms with Gasteiger partial charge in [0.05, 0.1) is 11.1 Å². The molecule has 0 aliphatic carbocycles. The number of aromatic amines is 1. The molecular weight excluding hydrogens is 476 g/mol. The standard InChI is InChI=1S/C23H19BrN4O2S/c24-17-9-7-15(8-10-17)13-26-28-22(29)20(27-23(30)21-6-3-11-31-21)12-16-14-25-19-5-2-1-4-18(16)19/h1-11,13-14,20,25H,12H2,(H,27,30)(H,28,29)/b26-13-/t20-/m1/s1. The van der Waals surface area contributed by atoms with Crippen LogP contribution < -0.4 is 10.7 Å². The Morgan fingerprint density at radius 3 is 2.68 bits per heavy atom. The zero-order chi connectivity index (χ0) is 21.6. The van der Waals surface area contributed by atoms with Gasteiger partial charge >= 0.3 is 0 Å². The number of halogens is 1. The molecule has 4 aromatic rings. The number of hydrazone groups is 1. The van der Waals surface area contributed by atoms with E-state index < -0.39 is 6.04 Å². The molecule has 0 fully saturated rings. The minimum absolute atomic E-state index is 0.285. The topological polar surface area (TPSA) is 86.3 Å². The van der Waals surface area contributed by atoms with E-state index in [1.807, 2.05) is 60.1 Å². The minimum Gasteiger partial charge on any atom is -0.361 e. The molecule has 0 radical (unpaired) electrons. The van der Waals surface area contributed by atoms with E-state index in [2.05, 4.69) is 36.8 Å². The number of hydrogen-bond acceptors (Lipinski definition) is 4. The SMILES string of the molecule is O=C(N[C@H](Cc1c[nH]c2ccccc12)C(=O)N/N=C\c1ccc(Br)cc1)c1cccs1. The monoisotopic (exact) mass is 494 g/mol. The molecule has 2 aromatic carbocycles. The number of carbonyl (C=O) groups is 2. The van der Waals surface area contributed by atoms with Crippen LogP contribution in [-0.4, -0.2) is 29.1 Å². The summed E-state index contributed by atoms with van der Waals surface area (Å²) in [6.45, 7) is 0. The summed E-state index contributed by atoms with van der Waals surface area (Å²) in [5, 5.41) is 9.74.